The number of benzene rings is 1. The molecule has 1 unspecified atom stereocenters. The van der Waals surface area contributed by atoms with Gasteiger partial charge in [0, 0.05) is 30.5 Å². The maximum absolute atomic E-state index is 13.2. The van der Waals surface area contributed by atoms with E-state index in [1.165, 1.54) is 6.08 Å². The summed E-state index contributed by atoms with van der Waals surface area (Å²) in [4.78, 5) is 36.3. The number of rotatable bonds is 4. The highest BCUT2D eigenvalue weighted by Gasteiger charge is 2.30. The van der Waals surface area contributed by atoms with Crippen molar-refractivity contribution in [2.45, 2.75) is 25.8 Å². The number of hydrogen-bond acceptors (Lipinski definition) is 7. The summed E-state index contributed by atoms with van der Waals surface area (Å²) >= 11 is 0. The number of likely N-dealkylation sites (tertiary alicyclic amines) is 1. The van der Waals surface area contributed by atoms with Gasteiger partial charge in [0.05, 0.1) is 24.8 Å². The zero-order valence-electron chi connectivity index (χ0n) is 20.2. The van der Waals surface area contributed by atoms with Gasteiger partial charge in [-0.05, 0) is 50.1 Å². The number of pyridine rings is 1. The number of carbonyl (C=O) groups is 2. The SMILES string of the molecule is C=CC(=O)N1CCCC(n2c(NC(=O)c3ccnc(C)c3)nc3ccc4c(c32)OCCOCCO4)C1. The van der Waals surface area contributed by atoms with Crippen LogP contribution in [0.4, 0.5) is 5.95 Å². The maximum Gasteiger partial charge on any atom is 0.258 e. The zero-order valence-corrected chi connectivity index (χ0v) is 20.2. The average Bonchev–Trinajstić information content (AvgIpc) is 3.30. The van der Waals surface area contributed by atoms with Crippen molar-refractivity contribution in [3.8, 4) is 11.5 Å². The Hall–Kier alpha value is -3.92. The van der Waals surface area contributed by atoms with Crippen LogP contribution < -0.4 is 14.8 Å². The monoisotopic (exact) mass is 491 g/mol. The minimum atomic E-state index is -0.294. The molecule has 2 aliphatic heterocycles. The molecule has 3 aromatic rings. The minimum absolute atomic E-state index is 0.120. The van der Waals surface area contributed by atoms with Crippen LogP contribution in [0.15, 0.2) is 43.1 Å². The highest BCUT2D eigenvalue weighted by molar-refractivity contribution is 6.04. The molecule has 2 aromatic heterocycles. The Kier molecular flexibility index (Phi) is 6.86. The molecule has 188 valence electrons. The molecular formula is C26H29N5O5. The Morgan fingerprint density at radius 3 is 2.81 bits per heavy atom. The summed E-state index contributed by atoms with van der Waals surface area (Å²) in [5, 5.41) is 2.99. The molecule has 0 bridgehead atoms. The first-order valence-corrected chi connectivity index (χ1v) is 12.1. The van der Waals surface area contributed by atoms with Gasteiger partial charge in [0.1, 0.15) is 18.7 Å². The largest absolute Gasteiger partial charge is 0.487 e. The van der Waals surface area contributed by atoms with Gasteiger partial charge in [-0.25, -0.2) is 4.98 Å². The van der Waals surface area contributed by atoms with E-state index in [-0.39, 0.29) is 17.9 Å². The normalized spacial score (nSPS) is 18.1. The van der Waals surface area contributed by atoms with Crippen molar-refractivity contribution in [2.24, 2.45) is 0 Å². The molecule has 2 aliphatic rings. The number of hydrogen-bond donors (Lipinski definition) is 1. The van der Waals surface area contributed by atoms with Crippen LogP contribution >= 0.6 is 0 Å². The topological polar surface area (TPSA) is 108 Å². The average molecular weight is 492 g/mol. The second-order valence-electron chi connectivity index (χ2n) is 8.80. The van der Waals surface area contributed by atoms with E-state index in [9.17, 15) is 9.59 Å². The van der Waals surface area contributed by atoms with E-state index >= 15 is 0 Å². The van der Waals surface area contributed by atoms with Gasteiger partial charge < -0.3 is 23.7 Å². The molecule has 5 rings (SSSR count). The molecule has 0 saturated carbocycles. The Morgan fingerprint density at radius 1 is 1.17 bits per heavy atom. The number of piperidine rings is 1. The molecule has 4 heterocycles. The van der Waals surface area contributed by atoms with Crippen molar-refractivity contribution in [3.05, 3.63) is 54.4 Å². The Balaban J connectivity index is 1.61. The van der Waals surface area contributed by atoms with E-state index in [1.807, 2.05) is 23.6 Å². The van der Waals surface area contributed by atoms with Crippen LogP contribution in [0, 0.1) is 6.92 Å². The highest BCUT2D eigenvalue weighted by Crippen LogP contribution is 2.41. The fraction of sp³-hybridized carbons (Fsp3) is 0.385. The third-order valence-electron chi connectivity index (χ3n) is 6.36. The predicted octanol–water partition coefficient (Wildman–Crippen LogP) is 3.13. The lowest BCUT2D eigenvalue weighted by atomic mass is 10.0. The molecule has 0 radical (unpaired) electrons. The number of aromatic nitrogens is 3. The van der Waals surface area contributed by atoms with Crippen LogP contribution in [0.5, 0.6) is 11.5 Å². The van der Waals surface area contributed by atoms with Crippen molar-refractivity contribution in [1.82, 2.24) is 19.4 Å². The maximum atomic E-state index is 13.2. The first-order valence-electron chi connectivity index (χ1n) is 12.1. The van der Waals surface area contributed by atoms with Crippen LogP contribution in [-0.2, 0) is 9.53 Å². The first kappa shape index (κ1) is 23.8. The molecule has 1 saturated heterocycles. The van der Waals surface area contributed by atoms with E-state index in [2.05, 4.69) is 16.9 Å². The van der Waals surface area contributed by atoms with E-state index in [4.69, 9.17) is 19.2 Å². The van der Waals surface area contributed by atoms with Crippen molar-refractivity contribution in [1.29, 1.82) is 0 Å². The van der Waals surface area contributed by atoms with Crippen LogP contribution in [0.1, 0.15) is 34.9 Å². The third kappa shape index (κ3) is 4.76. The molecule has 36 heavy (non-hydrogen) atoms. The molecule has 2 amide bonds. The first-order chi connectivity index (χ1) is 17.5. The van der Waals surface area contributed by atoms with Gasteiger partial charge >= 0.3 is 0 Å². The van der Waals surface area contributed by atoms with Crippen molar-refractivity contribution >= 4 is 28.8 Å². The Morgan fingerprint density at radius 2 is 2.00 bits per heavy atom. The van der Waals surface area contributed by atoms with E-state index < -0.39 is 0 Å². The van der Waals surface area contributed by atoms with Gasteiger partial charge in [0.15, 0.2) is 11.5 Å². The van der Waals surface area contributed by atoms with E-state index in [0.717, 1.165) is 18.5 Å². The fourth-order valence-corrected chi connectivity index (χ4v) is 4.71. The lowest BCUT2D eigenvalue weighted by Crippen LogP contribution is -2.40. The van der Waals surface area contributed by atoms with Gasteiger partial charge in [0.2, 0.25) is 11.9 Å². The number of anilines is 1. The molecule has 10 nitrogen and oxygen atoms in total. The number of carbonyl (C=O) groups excluding carboxylic acids is 2. The number of amides is 2. The molecular weight excluding hydrogens is 462 g/mol. The van der Waals surface area contributed by atoms with Crippen molar-refractivity contribution < 1.29 is 23.8 Å². The molecule has 1 aromatic carbocycles. The van der Waals surface area contributed by atoms with Gasteiger partial charge in [-0.2, -0.15) is 0 Å². The number of imidazole rings is 1. The minimum Gasteiger partial charge on any atom is -0.487 e. The molecule has 0 aliphatic carbocycles. The van der Waals surface area contributed by atoms with Gasteiger partial charge in [0.25, 0.3) is 5.91 Å². The second kappa shape index (κ2) is 10.4. The molecule has 1 fully saturated rings. The second-order valence-corrected chi connectivity index (χ2v) is 8.80. The Bertz CT molecular complexity index is 1300. The number of nitrogens with zero attached hydrogens (tertiary/aromatic N) is 4. The van der Waals surface area contributed by atoms with Gasteiger partial charge in [-0.3, -0.25) is 19.9 Å². The standard InChI is InChI=1S/C26H29N5O5/c1-3-22(32)30-10-4-5-19(16-30)31-23-20(6-7-21-24(23)36-14-12-34-11-13-35-21)28-26(31)29-25(33)18-8-9-27-17(2)15-18/h3,6-9,15,19H,1,4-5,10-14,16H2,2H3,(H,28,29,33). The molecule has 1 atom stereocenters. The summed E-state index contributed by atoms with van der Waals surface area (Å²) in [6.07, 6.45) is 4.55. The van der Waals surface area contributed by atoms with Crippen LogP contribution in [0.25, 0.3) is 11.0 Å². The molecule has 10 heteroatoms. The fourth-order valence-electron chi connectivity index (χ4n) is 4.71. The zero-order chi connectivity index (χ0) is 25.1. The lowest BCUT2D eigenvalue weighted by Gasteiger charge is -2.34. The van der Waals surface area contributed by atoms with Crippen LogP contribution in [0.2, 0.25) is 0 Å². The Labute approximate surface area is 208 Å². The van der Waals surface area contributed by atoms with Crippen molar-refractivity contribution in [2.75, 3.05) is 44.8 Å². The number of ether oxygens (including phenoxy) is 3. The molecule has 1 N–H and O–H groups in total. The highest BCUT2D eigenvalue weighted by atomic mass is 16.6. The summed E-state index contributed by atoms with van der Waals surface area (Å²) in [6, 6.07) is 6.93. The lowest BCUT2D eigenvalue weighted by molar-refractivity contribution is -0.127. The van der Waals surface area contributed by atoms with E-state index in [1.54, 1.807) is 23.2 Å². The van der Waals surface area contributed by atoms with Crippen LogP contribution in [0.3, 0.4) is 0 Å². The summed E-state index contributed by atoms with van der Waals surface area (Å²) in [5.41, 5.74) is 2.60. The smallest absolute Gasteiger partial charge is 0.258 e. The summed E-state index contributed by atoms with van der Waals surface area (Å²) in [7, 11) is 0. The number of nitrogens with one attached hydrogen (secondary N) is 1. The van der Waals surface area contributed by atoms with Crippen molar-refractivity contribution in [3.63, 3.8) is 0 Å². The van der Waals surface area contributed by atoms with Crippen LogP contribution in [-0.4, -0.2) is 70.8 Å². The summed E-state index contributed by atoms with van der Waals surface area (Å²) in [5.74, 6) is 1.11. The molecule has 0 spiro atoms. The third-order valence-corrected chi connectivity index (χ3v) is 6.36. The summed E-state index contributed by atoms with van der Waals surface area (Å²) in [6.45, 7) is 8.23. The summed E-state index contributed by atoms with van der Waals surface area (Å²) < 4.78 is 19.6. The number of aryl methyl sites for hydroxylation is 1. The number of fused-ring (bicyclic) bond motifs is 3. The quantitative estimate of drug-likeness (QED) is 0.559. The van der Waals surface area contributed by atoms with Gasteiger partial charge in [-0.1, -0.05) is 6.58 Å². The predicted molar refractivity (Wildman–Crippen MR) is 134 cm³/mol. The van der Waals surface area contributed by atoms with E-state index in [0.29, 0.717) is 73.6 Å². The van der Waals surface area contributed by atoms with Gasteiger partial charge in [-0.15, -0.1) is 0 Å².